The van der Waals surface area contributed by atoms with Crippen molar-refractivity contribution >= 4 is 33.5 Å². The van der Waals surface area contributed by atoms with Gasteiger partial charge in [0.25, 0.3) is 0 Å². The first-order valence-electron chi connectivity index (χ1n) is 10.3. The summed E-state index contributed by atoms with van der Waals surface area (Å²) in [5.41, 5.74) is 7.09. The Bertz CT molecular complexity index is 1360. The average Bonchev–Trinajstić information content (AvgIpc) is 3.33. The van der Waals surface area contributed by atoms with Gasteiger partial charge in [0, 0.05) is 16.5 Å². The first-order valence-corrected chi connectivity index (χ1v) is 11.2. The lowest BCUT2D eigenvalue weighted by Gasteiger charge is -2.09. The Morgan fingerprint density at radius 2 is 1.62 bits per heavy atom. The first-order chi connectivity index (χ1) is 15.8. The minimum atomic E-state index is 0.496. The number of benzene rings is 4. The molecule has 1 aromatic heterocycles. The van der Waals surface area contributed by atoms with Gasteiger partial charge in [-0.2, -0.15) is 5.10 Å². The number of hydrazone groups is 1. The molecule has 1 heterocycles. The Morgan fingerprint density at radius 1 is 0.844 bits per heavy atom. The van der Waals surface area contributed by atoms with Crippen LogP contribution in [-0.4, -0.2) is 11.2 Å². The lowest BCUT2D eigenvalue weighted by atomic mass is 10.1. The normalized spacial score (nSPS) is 11.1. The Kier molecular flexibility index (Phi) is 5.90. The standard InChI is InChI=1S/C27H21N3OS/c1-2-9-22(10-3-1)25-19-32-27(29-25)30-28-17-24-12-6-7-13-26(24)31-18-20-14-15-21-8-4-5-11-23(21)16-20/h1-17,19H,18H2,(H,29,30). The molecule has 0 aliphatic heterocycles. The number of rotatable bonds is 7. The van der Waals surface area contributed by atoms with Gasteiger partial charge in [-0.05, 0) is 34.5 Å². The SMILES string of the molecule is C(=NNc1nc(-c2ccccc2)cs1)c1ccccc1OCc1ccc2ccccc2c1. The van der Waals surface area contributed by atoms with Crippen LogP contribution in [0.4, 0.5) is 5.13 Å². The maximum Gasteiger partial charge on any atom is 0.203 e. The fraction of sp³-hybridized carbons (Fsp3) is 0.0370. The van der Waals surface area contributed by atoms with Gasteiger partial charge >= 0.3 is 0 Å². The van der Waals surface area contributed by atoms with Crippen molar-refractivity contribution in [3.63, 3.8) is 0 Å². The predicted octanol–water partition coefficient (Wildman–Crippen LogP) is 6.99. The van der Waals surface area contributed by atoms with Crippen molar-refractivity contribution in [1.82, 2.24) is 4.98 Å². The molecule has 4 nitrogen and oxygen atoms in total. The fourth-order valence-electron chi connectivity index (χ4n) is 3.43. The number of anilines is 1. The molecule has 0 radical (unpaired) electrons. The van der Waals surface area contributed by atoms with E-state index in [1.807, 2.05) is 60.0 Å². The van der Waals surface area contributed by atoms with Crippen molar-refractivity contribution in [1.29, 1.82) is 0 Å². The first kappa shape index (κ1) is 20.0. The van der Waals surface area contributed by atoms with E-state index in [4.69, 9.17) is 4.74 Å². The number of hydrogen-bond acceptors (Lipinski definition) is 5. The molecule has 1 N–H and O–H groups in total. The van der Waals surface area contributed by atoms with Gasteiger partial charge in [-0.15, -0.1) is 11.3 Å². The predicted molar refractivity (Wildman–Crippen MR) is 133 cm³/mol. The molecule has 156 valence electrons. The molecule has 0 aliphatic carbocycles. The third kappa shape index (κ3) is 4.68. The van der Waals surface area contributed by atoms with Crippen LogP contribution in [0, 0.1) is 0 Å². The minimum absolute atomic E-state index is 0.496. The maximum atomic E-state index is 6.10. The molecule has 0 aliphatic rings. The second kappa shape index (κ2) is 9.45. The fourth-order valence-corrected chi connectivity index (χ4v) is 4.10. The molecule has 0 bridgehead atoms. The van der Waals surface area contributed by atoms with Gasteiger partial charge < -0.3 is 4.74 Å². The number of fused-ring (bicyclic) bond motifs is 1. The van der Waals surface area contributed by atoms with E-state index < -0.39 is 0 Å². The molecule has 0 spiro atoms. The molecule has 0 saturated carbocycles. The number of thiazole rings is 1. The van der Waals surface area contributed by atoms with Crippen LogP contribution in [-0.2, 0) is 6.61 Å². The Morgan fingerprint density at radius 3 is 2.53 bits per heavy atom. The molecular formula is C27H21N3OS. The van der Waals surface area contributed by atoms with E-state index >= 15 is 0 Å². The third-order valence-corrected chi connectivity index (χ3v) is 5.81. The van der Waals surface area contributed by atoms with Crippen LogP contribution in [0.1, 0.15) is 11.1 Å². The summed E-state index contributed by atoms with van der Waals surface area (Å²) in [6.45, 7) is 0.496. The molecule has 32 heavy (non-hydrogen) atoms. The van der Waals surface area contributed by atoms with Crippen LogP contribution in [0.25, 0.3) is 22.0 Å². The number of nitrogens with one attached hydrogen (secondary N) is 1. The average molecular weight is 436 g/mol. The van der Waals surface area contributed by atoms with Crippen molar-refractivity contribution in [3.8, 4) is 17.0 Å². The number of ether oxygens (including phenoxy) is 1. The Balaban J connectivity index is 1.25. The van der Waals surface area contributed by atoms with Gasteiger partial charge in [-0.1, -0.05) is 78.9 Å². The molecular weight excluding hydrogens is 414 g/mol. The summed E-state index contributed by atoms with van der Waals surface area (Å²) in [5, 5.41) is 9.58. The van der Waals surface area contributed by atoms with E-state index in [1.54, 1.807) is 6.21 Å². The molecule has 0 saturated heterocycles. The molecule has 4 aromatic carbocycles. The van der Waals surface area contributed by atoms with E-state index in [9.17, 15) is 0 Å². The minimum Gasteiger partial charge on any atom is -0.488 e. The Labute approximate surface area is 190 Å². The van der Waals surface area contributed by atoms with Gasteiger partial charge in [-0.3, -0.25) is 5.43 Å². The van der Waals surface area contributed by atoms with Gasteiger partial charge in [0.15, 0.2) is 0 Å². The number of nitrogens with zero attached hydrogens (tertiary/aromatic N) is 2. The maximum absolute atomic E-state index is 6.10. The van der Waals surface area contributed by atoms with Gasteiger partial charge in [0.05, 0.1) is 11.9 Å². The highest BCUT2D eigenvalue weighted by atomic mass is 32.1. The highest BCUT2D eigenvalue weighted by Crippen LogP contribution is 2.25. The smallest absolute Gasteiger partial charge is 0.203 e. The molecule has 5 aromatic rings. The van der Waals surface area contributed by atoms with Crippen molar-refractivity contribution < 1.29 is 4.74 Å². The second-order valence-electron chi connectivity index (χ2n) is 7.28. The highest BCUT2D eigenvalue weighted by molar-refractivity contribution is 7.14. The highest BCUT2D eigenvalue weighted by Gasteiger charge is 2.05. The van der Waals surface area contributed by atoms with Crippen LogP contribution in [0.15, 0.2) is 108 Å². The monoisotopic (exact) mass is 435 g/mol. The number of hydrogen-bond donors (Lipinski definition) is 1. The van der Waals surface area contributed by atoms with E-state index in [0.717, 1.165) is 33.3 Å². The Hall–Kier alpha value is -3.96. The summed E-state index contributed by atoms with van der Waals surface area (Å²) < 4.78 is 6.10. The van der Waals surface area contributed by atoms with Crippen LogP contribution >= 0.6 is 11.3 Å². The second-order valence-corrected chi connectivity index (χ2v) is 8.14. The van der Waals surface area contributed by atoms with Crippen molar-refractivity contribution in [2.75, 3.05) is 5.43 Å². The third-order valence-electron chi connectivity index (χ3n) is 5.06. The largest absolute Gasteiger partial charge is 0.488 e. The van der Waals surface area contributed by atoms with Crippen LogP contribution in [0.3, 0.4) is 0 Å². The zero-order valence-corrected chi connectivity index (χ0v) is 18.1. The number of para-hydroxylation sites is 1. The van der Waals surface area contributed by atoms with E-state index in [-0.39, 0.29) is 0 Å². The molecule has 0 atom stereocenters. The molecule has 0 fully saturated rings. The van der Waals surface area contributed by atoms with Crippen molar-refractivity contribution in [2.45, 2.75) is 6.61 Å². The number of aromatic nitrogens is 1. The van der Waals surface area contributed by atoms with Crippen LogP contribution in [0.5, 0.6) is 5.75 Å². The lowest BCUT2D eigenvalue weighted by molar-refractivity contribution is 0.306. The van der Waals surface area contributed by atoms with Crippen molar-refractivity contribution in [3.05, 3.63) is 114 Å². The summed E-state index contributed by atoms with van der Waals surface area (Å²) >= 11 is 1.52. The topological polar surface area (TPSA) is 46.5 Å². The summed E-state index contributed by atoms with van der Waals surface area (Å²) in [6.07, 6.45) is 1.76. The van der Waals surface area contributed by atoms with Gasteiger partial charge in [0.2, 0.25) is 5.13 Å². The van der Waals surface area contributed by atoms with Crippen molar-refractivity contribution in [2.24, 2.45) is 5.10 Å². The summed E-state index contributed by atoms with van der Waals surface area (Å²) in [7, 11) is 0. The van der Waals surface area contributed by atoms with E-state index in [0.29, 0.717) is 6.61 Å². The zero-order chi connectivity index (χ0) is 21.6. The van der Waals surface area contributed by atoms with E-state index in [1.165, 1.54) is 22.1 Å². The summed E-state index contributed by atoms with van der Waals surface area (Å²) in [4.78, 5) is 4.60. The molecule has 0 amide bonds. The molecule has 5 heteroatoms. The lowest BCUT2D eigenvalue weighted by Crippen LogP contribution is -1.99. The quantitative estimate of drug-likeness (QED) is 0.221. The van der Waals surface area contributed by atoms with Crippen LogP contribution in [0.2, 0.25) is 0 Å². The van der Waals surface area contributed by atoms with Crippen LogP contribution < -0.4 is 10.2 Å². The zero-order valence-electron chi connectivity index (χ0n) is 17.3. The van der Waals surface area contributed by atoms with Gasteiger partial charge in [-0.25, -0.2) is 4.98 Å². The summed E-state index contributed by atoms with van der Waals surface area (Å²) in [5.74, 6) is 0.787. The molecule has 5 rings (SSSR count). The van der Waals surface area contributed by atoms with E-state index in [2.05, 4.69) is 58.0 Å². The molecule has 0 unspecified atom stereocenters. The van der Waals surface area contributed by atoms with Gasteiger partial charge in [0.1, 0.15) is 12.4 Å². The summed E-state index contributed by atoms with van der Waals surface area (Å²) in [6, 6.07) is 32.7.